The van der Waals surface area contributed by atoms with Crippen molar-refractivity contribution in [1.29, 1.82) is 0 Å². The van der Waals surface area contributed by atoms with Gasteiger partial charge in [0.25, 0.3) is 0 Å². The first-order valence-electron chi connectivity index (χ1n) is 3.66. The molecule has 0 spiro atoms. The summed E-state index contributed by atoms with van der Waals surface area (Å²) in [5.74, 6) is -0.231. The van der Waals surface area contributed by atoms with Crippen molar-refractivity contribution in [2.24, 2.45) is 0 Å². The van der Waals surface area contributed by atoms with Crippen LogP contribution in [0.4, 0.5) is 0 Å². The monoisotopic (exact) mass is 159 g/mol. The summed E-state index contributed by atoms with van der Waals surface area (Å²) in [6, 6.07) is 0. The Morgan fingerprint density at radius 3 is 2.64 bits per heavy atom. The molecule has 4 nitrogen and oxygen atoms in total. The van der Waals surface area contributed by atoms with Crippen molar-refractivity contribution in [1.82, 2.24) is 5.32 Å². The minimum absolute atomic E-state index is 0.231. The molecule has 1 fully saturated rings. The van der Waals surface area contributed by atoms with Crippen molar-refractivity contribution in [3.63, 3.8) is 0 Å². The number of ether oxygens (including phenoxy) is 2. The van der Waals surface area contributed by atoms with Gasteiger partial charge in [0.05, 0.1) is 20.3 Å². The number of rotatable bonds is 3. The molecule has 0 atom stereocenters. The molecule has 64 valence electrons. The van der Waals surface area contributed by atoms with E-state index in [1.54, 1.807) is 0 Å². The molecule has 1 heterocycles. The van der Waals surface area contributed by atoms with Crippen LogP contribution in [0.5, 0.6) is 0 Å². The van der Waals surface area contributed by atoms with E-state index in [-0.39, 0.29) is 5.97 Å². The second-order valence-corrected chi connectivity index (χ2v) is 2.60. The molecule has 0 aromatic rings. The van der Waals surface area contributed by atoms with Crippen LogP contribution in [0, 0.1) is 0 Å². The molecule has 0 bridgehead atoms. The number of hydrogen-bond acceptors (Lipinski definition) is 4. The van der Waals surface area contributed by atoms with Gasteiger partial charge in [-0.05, 0) is 6.54 Å². The quantitative estimate of drug-likeness (QED) is 0.566. The Morgan fingerprint density at radius 1 is 1.73 bits per heavy atom. The second kappa shape index (κ2) is 3.19. The molecule has 11 heavy (non-hydrogen) atoms. The fraction of sp³-hybridized carbons (Fsp3) is 0.857. The Balaban J connectivity index is 2.52. The smallest absolute Gasteiger partial charge is 0.330 e. The summed E-state index contributed by atoms with van der Waals surface area (Å²) in [5, 5.41) is 3.05. The molecule has 0 amide bonds. The van der Waals surface area contributed by atoms with Crippen molar-refractivity contribution in [3.05, 3.63) is 0 Å². The fourth-order valence-electron chi connectivity index (χ4n) is 1.13. The van der Waals surface area contributed by atoms with E-state index in [9.17, 15) is 4.79 Å². The van der Waals surface area contributed by atoms with Gasteiger partial charge in [-0.2, -0.15) is 0 Å². The van der Waals surface area contributed by atoms with Crippen molar-refractivity contribution in [2.45, 2.75) is 12.5 Å². The standard InChI is InChI=1S/C7H13NO3/c1-3-8-7(4-11-5-7)6(9)10-2/h8H,3-5H2,1-2H3. The van der Waals surface area contributed by atoms with Crippen molar-refractivity contribution >= 4 is 5.97 Å². The lowest BCUT2D eigenvalue weighted by molar-refractivity contribution is -0.169. The van der Waals surface area contributed by atoms with Crippen LogP contribution < -0.4 is 5.32 Å². The molecule has 1 saturated heterocycles. The first-order valence-corrected chi connectivity index (χ1v) is 3.66. The van der Waals surface area contributed by atoms with Crippen LogP contribution in [0.2, 0.25) is 0 Å². The Kier molecular flexibility index (Phi) is 2.46. The van der Waals surface area contributed by atoms with E-state index in [1.807, 2.05) is 6.92 Å². The zero-order valence-electron chi connectivity index (χ0n) is 6.85. The number of esters is 1. The highest BCUT2D eigenvalue weighted by Gasteiger charge is 2.46. The number of carbonyl (C=O) groups is 1. The third-order valence-electron chi connectivity index (χ3n) is 1.79. The van der Waals surface area contributed by atoms with Gasteiger partial charge in [0.15, 0.2) is 5.54 Å². The van der Waals surface area contributed by atoms with Gasteiger partial charge < -0.3 is 9.47 Å². The Hall–Kier alpha value is -0.610. The maximum atomic E-state index is 11.1. The van der Waals surface area contributed by atoms with Gasteiger partial charge >= 0.3 is 5.97 Å². The predicted octanol–water partition coefficient (Wildman–Crippen LogP) is -0.462. The SMILES string of the molecule is CCNC1(C(=O)OC)COC1. The third-order valence-corrected chi connectivity index (χ3v) is 1.79. The Morgan fingerprint density at radius 2 is 2.36 bits per heavy atom. The van der Waals surface area contributed by atoms with E-state index in [0.29, 0.717) is 13.2 Å². The van der Waals surface area contributed by atoms with Gasteiger partial charge in [-0.15, -0.1) is 0 Å². The number of nitrogens with one attached hydrogen (secondary N) is 1. The molecule has 0 unspecified atom stereocenters. The number of methoxy groups -OCH3 is 1. The second-order valence-electron chi connectivity index (χ2n) is 2.60. The lowest BCUT2D eigenvalue weighted by atomic mass is 9.98. The Labute approximate surface area is 65.9 Å². The molecule has 1 aliphatic rings. The van der Waals surface area contributed by atoms with Gasteiger partial charge in [0.1, 0.15) is 0 Å². The zero-order valence-corrected chi connectivity index (χ0v) is 6.85. The van der Waals surface area contributed by atoms with Crippen LogP contribution in [-0.4, -0.2) is 38.4 Å². The van der Waals surface area contributed by atoms with Crippen LogP contribution >= 0.6 is 0 Å². The highest BCUT2D eigenvalue weighted by Crippen LogP contribution is 2.17. The number of hydrogen-bond donors (Lipinski definition) is 1. The summed E-state index contributed by atoms with van der Waals surface area (Å²) < 4.78 is 9.58. The molecule has 1 rings (SSSR count). The maximum absolute atomic E-state index is 11.1. The molecule has 0 saturated carbocycles. The van der Waals surface area contributed by atoms with Crippen molar-refractivity contribution < 1.29 is 14.3 Å². The first kappa shape index (κ1) is 8.49. The summed E-state index contributed by atoms with van der Waals surface area (Å²) >= 11 is 0. The van der Waals surface area contributed by atoms with Crippen LogP contribution in [0.1, 0.15) is 6.92 Å². The van der Waals surface area contributed by atoms with Crippen LogP contribution in [-0.2, 0) is 14.3 Å². The molecule has 0 aromatic heterocycles. The summed E-state index contributed by atoms with van der Waals surface area (Å²) in [6.07, 6.45) is 0. The highest BCUT2D eigenvalue weighted by atomic mass is 16.5. The predicted molar refractivity (Wildman–Crippen MR) is 39.2 cm³/mol. The van der Waals surface area contributed by atoms with Crippen molar-refractivity contribution in [2.75, 3.05) is 26.9 Å². The molecule has 0 radical (unpaired) electrons. The topological polar surface area (TPSA) is 47.6 Å². The summed E-state index contributed by atoms with van der Waals surface area (Å²) in [4.78, 5) is 11.1. The summed E-state index contributed by atoms with van der Waals surface area (Å²) in [6.45, 7) is 3.54. The van der Waals surface area contributed by atoms with Gasteiger partial charge in [-0.3, -0.25) is 5.32 Å². The van der Waals surface area contributed by atoms with E-state index in [4.69, 9.17) is 4.74 Å². The first-order chi connectivity index (χ1) is 5.25. The average molecular weight is 159 g/mol. The van der Waals surface area contributed by atoms with E-state index in [1.165, 1.54) is 7.11 Å². The Bertz CT molecular complexity index is 154. The lowest BCUT2D eigenvalue weighted by Crippen LogP contribution is -2.66. The summed E-state index contributed by atoms with van der Waals surface area (Å²) in [7, 11) is 1.39. The molecule has 1 aliphatic heterocycles. The van der Waals surface area contributed by atoms with Crippen molar-refractivity contribution in [3.8, 4) is 0 Å². The van der Waals surface area contributed by atoms with Gasteiger partial charge in [-0.25, -0.2) is 4.79 Å². The average Bonchev–Trinajstić information content (AvgIpc) is 1.95. The third kappa shape index (κ3) is 1.36. The van der Waals surface area contributed by atoms with Gasteiger partial charge in [0, 0.05) is 0 Å². The molecular weight excluding hydrogens is 146 g/mol. The largest absolute Gasteiger partial charge is 0.468 e. The molecule has 1 N–H and O–H groups in total. The summed E-state index contributed by atoms with van der Waals surface area (Å²) in [5.41, 5.74) is -0.552. The molecular formula is C7H13NO3. The number of likely N-dealkylation sites (N-methyl/N-ethyl adjacent to an activating group) is 1. The van der Waals surface area contributed by atoms with E-state index in [2.05, 4.69) is 10.1 Å². The highest BCUT2D eigenvalue weighted by molar-refractivity contribution is 5.82. The fourth-order valence-corrected chi connectivity index (χ4v) is 1.13. The molecule has 4 heteroatoms. The lowest BCUT2D eigenvalue weighted by Gasteiger charge is -2.38. The maximum Gasteiger partial charge on any atom is 0.330 e. The van der Waals surface area contributed by atoms with E-state index >= 15 is 0 Å². The van der Waals surface area contributed by atoms with E-state index < -0.39 is 5.54 Å². The van der Waals surface area contributed by atoms with Crippen LogP contribution in [0.15, 0.2) is 0 Å². The molecule has 0 aliphatic carbocycles. The molecule has 0 aromatic carbocycles. The normalized spacial score (nSPS) is 20.5. The zero-order chi connectivity index (χ0) is 8.32. The van der Waals surface area contributed by atoms with Crippen LogP contribution in [0.25, 0.3) is 0 Å². The minimum atomic E-state index is -0.552. The van der Waals surface area contributed by atoms with Gasteiger partial charge in [-0.1, -0.05) is 6.92 Å². The number of carbonyl (C=O) groups excluding carboxylic acids is 1. The van der Waals surface area contributed by atoms with E-state index in [0.717, 1.165) is 6.54 Å². The van der Waals surface area contributed by atoms with Crippen LogP contribution in [0.3, 0.4) is 0 Å². The minimum Gasteiger partial charge on any atom is -0.468 e. The van der Waals surface area contributed by atoms with Gasteiger partial charge in [0.2, 0.25) is 0 Å².